The minimum absolute atomic E-state index is 0. The van der Waals surface area contributed by atoms with Crippen molar-refractivity contribution in [2.45, 2.75) is 0 Å². The van der Waals surface area contributed by atoms with Gasteiger partial charge in [-0.2, -0.15) is 0 Å². The molecule has 12 heteroatoms. The molecule has 0 atom stereocenters. The van der Waals surface area contributed by atoms with Gasteiger partial charge in [0.25, 0.3) is 0 Å². The van der Waals surface area contributed by atoms with Gasteiger partial charge in [-0.15, -0.1) is 0 Å². The maximum absolute atomic E-state index is 3.72. The Morgan fingerprint density at radius 2 is 0.176 bits per heavy atom. The Balaban J connectivity index is -0.000000327. The van der Waals surface area contributed by atoms with Gasteiger partial charge in [0.05, 0.1) is 0 Å². The van der Waals surface area contributed by atoms with Crippen LogP contribution in [-0.4, -0.2) is 39.9 Å². The first-order chi connectivity index (χ1) is 32.0. The Morgan fingerprint density at radius 1 is 0.103 bits per heavy atom. The van der Waals surface area contributed by atoms with Crippen LogP contribution in [0.5, 0.6) is 0 Å². The van der Waals surface area contributed by atoms with E-state index in [0.29, 0.717) is 0 Å². The molecule has 12 rings (SSSR count). The fourth-order valence-corrected chi connectivity index (χ4v) is 3.58. The largest absolute Gasteiger partial charge is 0.262 e. The van der Waals surface area contributed by atoms with Gasteiger partial charge in [0.2, 0.25) is 0 Å². The molecule has 336 valence electrons. The maximum Gasteiger partial charge on any atom is 0.0451 e. The van der Waals surface area contributed by atoms with E-state index in [0.717, 1.165) is 0 Å². The summed E-state index contributed by atoms with van der Waals surface area (Å²) in [6.45, 7) is 0. The second-order valence-electron chi connectivity index (χ2n) is 11.3. The molecule has 0 spiro atoms. The number of hydrogen-bond acceptors (Lipinski definition) is 8. The van der Waals surface area contributed by atoms with Crippen molar-refractivity contribution in [3.8, 4) is 0 Å². The molecule has 0 bridgehead atoms. The first kappa shape index (κ1) is 69.6. The molecule has 0 saturated heterocycles. The molecule has 4 heterocycles. The van der Waals surface area contributed by atoms with Crippen LogP contribution in [0, 0.1) is 51.4 Å². The molecule has 8 aliphatic rings. The molecule has 0 saturated carbocycles. The summed E-state index contributed by atoms with van der Waals surface area (Å²) in [4.78, 5) is 29.8. The van der Waals surface area contributed by atoms with Crippen LogP contribution in [0.2, 0.25) is 0 Å². The molecule has 0 amide bonds. The molecule has 68 heavy (non-hydrogen) atoms. The fourth-order valence-electron chi connectivity index (χ4n) is 3.58. The average molecular weight is 1030 g/mol. The van der Waals surface area contributed by atoms with E-state index in [9.17, 15) is 0 Å². The van der Waals surface area contributed by atoms with Gasteiger partial charge in [-0.3, -0.25) is 39.9 Å². The summed E-state index contributed by atoms with van der Waals surface area (Å²) in [6.07, 6.45) is 106. The molecule has 0 N–H and O–H groups in total. The third-order valence-electron chi connectivity index (χ3n) is 6.35. The van der Waals surface area contributed by atoms with Gasteiger partial charge in [-0.1, -0.05) is 194 Å². The zero-order valence-electron chi connectivity index (χ0n) is 37.9. The smallest absolute Gasteiger partial charge is 0.0451 e. The van der Waals surface area contributed by atoms with Crippen molar-refractivity contribution in [3.63, 3.8) is 0 Å². The van der Waals surface area contributed by atoms with E-state index in [4.69, 9.17) is 0 Å². The molecular formula is C56H56N8Ti4. The van der Waals surface area contributed by atoms with Gasteiger partial charge in [0, 0.05) is 237 Å². The zero-order valence-corrected chi connectivity index (χ0v) is 44.2. The van der Waals surface area contributed by atoms with Gasteiger partial charge in [0.1, 0.15) is 0 Å². The zero-order chi connectivity index (χ0) is 45.3. The second-order valence-corrected chi connectivity index (χ2v) is 11.3. The van der Waals surface area contributed by atoms with E-state index < -0.39 is 0 Å². The number of aromatic nitrogens is 8. The van der Waals surface area contributed by atoms with E-state index in [1.807, 2.05) is 246 Å². The predicted molar refractivity (Wildman–Crippen MR) is 269 cm³/mol. The monoisotopic (exact) mass is 1030 g/mol. The molecule has 8 aliphatic carbocycles. The Hall–Kier alpha value is -4.98. The Morgan fingerprint density at radius 3 is 0.206 bits per heavy atom. The van der Waals surface area contributed by atoms with E-state index >= 15 is 0 Å². The predicted octanol–water partition coefficient (Wildman–Crippen LogP) is 12.4. The quantitative estimate of drug-likeness (QED) is 0.161. The molecule has 0 unspecified atom stereocenters. The van der Waals surface area contributed by atoms with Crippen LogP contribution in [0.4, 0.5) is 0 Å². The summed E-state index contributed by atoms with van der Waals surface area (Å²) in [7, 11) is 0. The van der Waals surface area contributed by atoms with Gasteiger partial charge >= 0.3 is 0 Å². The Labute approximate surface area is 467 Å². The van der Waals surface area contributed by atoms with Crippen molar-refractivity contribution < 1.29 is 86.9 Å². The van der Waals surface area contributed by atoms with Gasteiger partial charge in [-0.05, 0) is 0 Å². The van der Waals surface area contributed by atoms with Crippen LogP contribution >= 0.6 is 0 Å². The molecule has 8 radical (unpaired) electrons. The summed E-state index contributed by atoms with van der Waals surface area (Å²) >= 11 is 0. The number of rotatable bonds is 0. The van der Waals surface area contributed by atoms with Crippen LogP contribution in [0.1, 0.15) is 0 Å². The summed E-state index contributed by atoms with van der Waals surface area (Å²) in [5.74, 6) is 0. The third-order valence-corrected chi connectivity index (χ3v) is 6.35. The SMILES string of the molecule is [CH]1C=CC=C1.[CH]1C=CC=C1.[CH]1C=CC=C1.[CH]1C=CC=C1.[CH]1C=CC=C1.[CH]1C=CC=C1.[CH]1C=CC=C1.[CH]1C=CC=C1.[Ti].[Ti].[Ti].[Ti].c1cnccn1.c1cnccn1.c1cnccn1.c1cnccn1. The minimum Gasteiger partial charge on any atom is -0.262 e. The first-order valence-electron chi connectivity index (χ1n) is 20.1. The van der Waals surface area contributed by atoms with Crippen LogP contribution in [0.25, 0.3) is 0 Å². The van der Waals surface area contributed by atoms with Crippen molar-refractivity contribution >= 4 is 0 Å². The second kappa shape index (κ2) is 66.3. The van der Waals surface area contributed by atoms with Gasteiger partial charge in [-0.25, -0.2) is 0 Å². The van der Waals surface area contributed by atoms with Crippen molar-refractivity contribution in [2.75, 3.05) is 0 Å². The summed E-state index contributed by atoms with van der Waals surface area (Å²) in [6, 6.07) is 0. The Bertz CT molecular complexity index is 1500. The van der Waals surface area contributed by atoms with Crippen molar-refractivity contribution in [2.24, 2.45) is 0 Å². The molecule has 0 fully saturated rings. The maximum atomic E-state index is 3.72. The van der Waals surface area contributed by atoms with Crippen LogP contribution in [0.15, 0.2) is 294 Å². The number of allylic oxidation sites excluding steroid dienone is 32. The van der Waals surface area contributed by atoms with E-state index in [-0.39, 0.29) is 86.9 Å². The Kier molecular flexibility index (Phi) is 67.8. The van der Waals surface area contributed by atoms with Gasteiger partial charge < -0.3 is 0 Å². The number of nitrogens with zero attached hydrogens (tertiary/aromatic N) is 8. The normalized spacial score (nSPS) is 13.2. The molecule has 0 aromatic carbocycles. The third kappa shape index (κ3) is 63.1. The average Bonchev–Trinajstić information content (AvgIpc) is 4.27. The standard InChI is InChI=1S/8C5H5.4C4H4N2.4Ti/c8*1-2-4-5-3-1;4*1-2-6-4-3-5-1;;;;/h8*1-5H;4*1-4H;;;;. The molecule has 4 aromatic heterocycles. The first-order valence-corrected chi connectivity index (χ1v) is 20.1. The van der Waals surface area contributed by atoms with E-state index in [1.54, 1.807) is 99.1 Å². The molecule has 4 aromatic rings. The van der Waals surface area contributed by atoms with Crippen LogP contribution < -0.4 is 0 Å². The number of hydrogen-bond donors (Lipinski definition) is 0. The molecule has 0 aliphatic heterocycles. The van der Waals surface area contributed by atoms with Crippen molar-refractivity contribution in [1.82, 2.24) is 39.9 Å². The molecular weight excluding hydrogens is 976 g/mol. The van der Waals surface area contributed by atoms with Gasteiger partial charge in [0.15, 0.2) is 0 Å². The summed E-state index contributed by atoms with van der Waals surface area (Å²) in [5.41, 5.74) is 0. The molecule has 8 nitrogen and oxygen atoms in total. The van der Waals surface area contributed by atoms with Crippen molar-refractivity contribution in [1.29, 1.82) is 0 Å². The summed E-state index contributed by atoms with van der Waals surface area (Å²) < 4.78 is 0. The van der Waals surface area contributed by atoms with Crippen LogP contribution in [-0.2, 0) is 86.9 Å². The van der Waals surface area contributed by atoms with Crippen LogP contribution in [0.3, 0.4) is 0 Å². The van der Waals surface area contributed by atoms with E-state index in [1.165, 1.54) is 0 Å². The summed E-state index contributed by atoms with van der Waals surface area (Å²) in [5, 5.41) is 0. The van der Waals surface area contributed by atoms with E-state index in [2.05, 4.69) is 39.9 Å². The topological polar surface area (TPSA) is 103 Å². The van der Waals surface area contributed by atoms with Crippen molar-refractivity contribution in [3.05, 3.63) is 345 Å². The fraction of sp³-hybridized carbons (Fsp3) is 0. The minimum atomic E-state index is 0.